The number of aryl methyl sites for hydroxylation is 3. The lowest BCUT2D eigenvalue weighted by molar-refractivity contribution is 0.368. The molecule has 1 fully saturated rings. The highest BCUT2D eigenvalue weighted by Gasteiger charge is 2.36. The second-order valence-electron chi connectivity index (χ2n) is 7.67. The van der Waals surface area contributed by atoms with Gasteiger partial charge in [0.1, 0.15) is 12.2 Å². The average Bonchev–Trinajstić information content (AvgIpc) is 3.38. The number of hydrogen-bond acceptors (Lipinski definition) is 4. The summed E-state index contributed by atoms with van der Waals surface area (Å²) in [4.78, 5) is 0.428. The Hall–Kier alpha value is -2.51. The minimum absolute atomic E-state index is 0.0131. The third-order valence-corrected chi connectivity index (χ3v) is 7.70. The van der Waals surface area contributed by atoms with E-state index in [0.29, 0.717) is 17.9 Å². The van der Waals surface area contributed by atoms with Crippen molar-refractivity contribution >= 4 is 10.0 Å². The lowest BCUT2D eigenvalue weighted by Gasteiger charge is -2.25. The van der Waals surface area contributed by atoms with E-state index in [-0.39, 0.29) is 6.04 Å². The van der Waals surface area contributed by atoms with Crippen LogP contribution in [0.5, 0.6) is 0 Å². The van der Waals surface area contributed by atoms with Crippen molar-refractivity contribution < 1.29 is 8.42 Å². The molecule has 152 valence electrons. The summed E-state index contributed by atoms with van der Waals surface area (Å²) >= 11 is 0. The Kier molecular flexibility index (Phi) is 5.52. The highest BCUT2D eigenvalue weighted by molar-refractivity contribution is 7.89. The van der Waals surface area contributed by atoms with Crippen LogP contribution in [0.2, 0.25) is 0 Å². The molecule has 2 heterocycles. The summed E-state index contributed by atoms with van der Waals surface area (Å²) in [5, 5.41) is 8.33. The molecule has 0 spiro atoms. The number of nitrogens with zero attached hydrogens (tertiary/aromatic N) is 4. The molecule has 1 atom stereocenters. The molecule has 1 aromatic heterocycles. The summed E-state index contributed by atoms with van der Waals surface area (Å²) in [7, 11) is -3.50. The van der Waals surface area contributed by atoms with Gasteiger partial charge in [0.15, 0.2) is 0 Å². The van der Waals surface area contributed by atoms with Crippen molar-refractivity contribution in [2.75, 3.05) is 6.54 Å². The SMILES string of the molecule is Cc1ccc(C)c(S(=O)(=O)N2CCCC2CCc2nncn2-c2ccccc2)c1. The maximum absolute atomic E-state index is 13.4. The minimum Gasteiger partial charge on any atom is -0.286 e. The molecule has 2 aromatic carbocycles. The van der Waals surface area contributed by atoms with Gasteiger partial charge in [0.25, 0.3) is 0 Å². The molecule has 0 amide bonds. The van der Waals surface area contributed by atoms with E-state index < -0.39 is 10.0 Å². The van der Waals surface area contributed by atoms with Gasteiger partial charge < -0.3 is 0 Å². The molecular formula is C22H26N4O2S. The van der Waals surface area contributed by atoms with Crippen LogP contribution in [0.15, 0.2) is 59.8 Å². The molecule has 29 heavy (non-hydrogen) atoms. The van der Waals surface area contributed by atoms with Crippen LogP contribution in [0.1, 0.15) is 36.2 Å². The second-order valence-corrected chi connectivity index (χ2v) is 9.53. The molecule has 0 bridgehead atoms. The Labute approximate surface area is 172 Å². The third-order valence-electron chi connectivity index (χ3n) is 5.61. The van der Waals surface area contributed by atoms with Crippen LogP contribution in [0.3, 0.4) is 0 Å². The first-order chi connectivity index (χ1) is 14.0. The molecule has 0 saturated carbocycles. The quantitative estimate of drug-likeness (QED) is 0.622. The predicted molar refractivity (Wildman–Crippen MR) is 113 cm³/mol. The van der Waals surface area contributed by atoms with Gasteiger partial charge in [-0.15, -0.1) is 10.2 Å². The molecule has 1 saturated heterocycles. The molecule has 3 aromatic rings. The molecule has 0 radical (unpaired) electrons. The van der Waals surface area contributed by atoms with Gasteiger partial charge in [-0.3, -0.25) is 4.57 Å². The maximum atomic E-state index is 13.4. The van der Waals surface area contributed by atoms with E-state index in [1.165, 1.54) is 0 Å². The highest BCUT2D eigenvalue weighted by atomic mass is 32.2. The van der Waals surface area contributed by atoms with Crippen molar-refractivity contribution in [3.8, 4) is 5.69 Å². The van der Waals surface area contributed by atoms with Gasteiger partial charge >= 0.3 is 0 Å². The van der Waals surface area contributed by atoms with Gasteiger partial charge in [-0.2, -0.15) is 4.31 Å². The Bertz CT molecular complexity index is 1090. The van der Waals surface area contributed by atoms with Crippen LogP contribution in [0.25, 0.3) is 5.69 Å². The van der Waals surface area contributed by atoms with E-state index >= 15 is 0 Å². The van der Waals surface area contributed by atoms with E-state index in [1.54, 1.807) is 16.7 Å². The van der Waals surface area contributed by atoms with Gasteiger partial charge in [0, 0.05) is 24.7 Å². The monoisotopic (exact) mass is 410 g/mol. The molecule has 1 aliphatic rings. The summed E-state index contributed by atoms with van der Waals surface area (Å²) in [5.41, 5.74) is 2.77. The van der Waals surface area contributed by atoms with Crippen LogP contribution in [-0.4, -0.2) is 40.1 Å². The molecule has 6 nitrogen and oxygen atoms in total. The summed E-state index contributed by atoms with van der Waals surface area (Å²) in [6.45, 7) is 4.36. The number of hydrogen-bond donors (Lipinski definition) is 0. The van der Waals surface area contributed by atoms with Crippen molar-refractivity contribution in [3.05, 3.63) is 71.8 Å². The van der Waals surface area contributed by atoms with Crippen molar-refractivity contribution in [2.45, 2.75) is 50.5 Å². The van der Waals surface area contributed by atoms with Crippen LogP contribution >= 0.6 is 0 Å². The van der Waals surface area contributed by atoms with E-state index in [1.807, 2.05) is 60.9 Å². The van der Waals surface area contributed by atoms with Gasteiger partial charge in [0.05, 0.1) is 4.90 Å². The number of benzene rings is 2. The summed E-state index contributed by atoms with van der Waals surface area (Å²) in [5.74, 6) is 0.854. The topological polar surface area (TPSA) is 68.1 Å². The second kappa shape index (κ2) is 8.08. The first-order valence-electron chi connectivity index (χ1n) is 10.0. The fraction of sp³-hybridized carbons (Fsp3) is 0.364. The van der Waals surface area contributed by atoms with Crippen LogP contribution in [0, 0.1) is 13.8 Å². The Morgan fingerprint density at radius 1 is 1.10 bits per heavy atom. The molecule has 0 aliphatic carbocycles. The molecule has 0 N–H and O–H groups in total. The number of para-hydroxylation sites is 1. The lowest BCUT2D eigenvalue weighted by atomic mass is 10.1. The number of sulfonamides is 1. The molecule has 1 aliphatic heterocycles. The first kappa shape index (κ1) is 19.8. The largest absolute Gasteiger partial charge is 0.286 e. The van der Waals surface area contributed by atoms with E-state index in [9.17, 15) is 8.42 Å². The first-order valence-corrected chi connectivity index (χ1v) is 11.4. The zero-order chi connectivity index (χ0) is 20.4. The average molecular weight is 411 g/mol. The van der Waals surface area contributed by atoms with E-state index in [2.05, 4.69) is 10.2 Å². The molecule has 1 unspecified atom stereocenters. The molecule has 7 heteroatoms. The fourth-order valence-electron chi connectivity index (χ4n) is 4.05. The summed E-state index contributed by atoms with van der Waals surface area (Å²) < 4.78 is 30.4. The van der Waals surface area contributed by atoms with Crippen molar-refractivity contribution in [1.82, 2.24) is 19.1 Å². The fourth-order valence-corrected chi connectivity index (χ4v) is 6.09. The summed E-state index contributed by atoms with van der Waals surface area (Å²) in [6.07, 6.45) is 4.89. The van der Waals surface area contributed by atoms with E-state index in [0.717, 1.165) is 41.9 Å². The van der Waals surface area contributed by atoms with Crippen molar-refractivity contribution in [1.29, 1.82) is 0 Å². The smallest absolute Gasteiger partial charge is 0.243 e. The van der Waals surface area contributed by atoms with E-state index in [4.69, 9.17) is 0 Å². The third kappa shape index (κ3) is 3.97. The standard InChI is InChI=1S/C22H26N4O2S/c1-17-10-11-18(2)21(15-17)29(27,28)26-14-6-9-20(26)12-13-22-24-23-16-25(22)19-7-4-3-5-8-19/h3-5,7-8,10-11,15-16,20H,6,9,12-14H2,1-2H3. The highest BCUT2D eigenvalue weighted by Crippen LogP contribution is 2.30. The van der Waals surface area contributed by atoms with Crippen LogP contribution in [0.4, 0.5) is 0 Å². The molecular weight excluding hydrogens is 384 g/mol. The Morgan fingerprint density at radius 2 is 1.90 bits per heavy atom. The van der Waals surface area contributed by atoms with Crippen molar-refractivity contribution in [2.24, 2.45) is 0 Å². The van der Waals surface area contributed by atoms with Gasteiger partial charge in [-0.25, -0.2) is 8.42 Å². The lowest BCUT2D eigenvalue weighted by Crippen LogP contribution is -2.36. The van der Waals surface area contributed by atoms with Crippen LogP contribution < -0.4 is 0 Å². The van der Waals surface area contributed by atoms with Crippen LogP contribution in [-0.2, 0) is 16.4 Å². The van der Waals surface area contributed by atoms with Crippen molar-refractivity contribution in [3.63, 3.8) is 0 Å². The Balaban J connectivity index is 1.53. The number of aromatic nitrogens is 3. The maximum Gasteiger partial charge on any atom is 0.243 e. The normalized spacial score (nSPS) is 17.7. The summed E-state index contributed by atoms with van der Waals surface area (Å²) in [6, 6.07) is 15.6. The molecule has 4 rings (SSSR count). The van der Waals surface area contributed by atoms with Gasteiger partial charge in [-0.05, 0) is 62.4 Å². The minimum atomic E-state index is -3.50. The number of rotatable bonds is 6. The zero-order valence-electron chi connectivity index (χ0n) is 16.8. The zero-order valence-corrected chi connectivity index (χ0v) is 17.6. The Morgan fingerprint density at radius 3 is 2.69 bits per heavy atom. The predicted octanol–water partition coefficient (Wildman–Crippen LogP) is 3.67. The van der Waals surface area contributed by atoms with Gasteiger partial charge in [0.2, 0.25) is 10.0 Å². The van der Waals surface area contributed by atoms with Gasteiger partial charge in [-0.1, -0.05) is 30.3 Å².